The van der Waals surface area contributed by atoms with E-state index >= 15 is 0 Å². The highest BCUT2D eigenvalue weighted by molar-refractivity contribution is 7.99. The number of fused-ring (bicyclic) bond motifs is 1. The minimum Gasteiger partial charge on any atom is -0.179 e. The summed E-state index contributed by atoms with van der Waals surface area (Å²) in [6, 6.07) is 15.4. The van der Waals surface area contributed by atoms with Gasteiger partial charge in [0.05, 0.1) is 0 Å². The summed E-state index contributed by atoms with van der Waals surface area (Å²) in [5.41, 5.74) is 0.513. The van der Waals surface area contributed by atoms with Crippen molar-refractivity contribution in [3.05, 3.63) is 42.5 Å². The van der Waals surface area contributed by atoms with E-state index in [0.29, 0.717) is 5.41 Å². The Bertz CT molecular complexity index is 538. The molecule has 0 aliphatic heterocycles. The molecule has 1 aliphatic rings. The van der Waals surface area contributed by atoms with Gasteiger partial charge in [-0.1, -0.05) is 36.8 Å². The van der Waals surface area contributed by atoms with Gasteiger partial charge < -0.3 is 0 Å². The Kier molecular flexibility index (Phi) is 3.58. The molecular formula is C16H18S2. The van der Waals surface area contributed by atoms with E-state index in [0.717, 1.165) is 5.75 Å². The zero-order chi connectivity index (χ0) is 12.4. The minimum atomic E-state index is 0.513. The molecule has 0 saturated heterocycles. The smallest absolute Gasteiger partial charge is 0.00785 e. The molecule has 2 aromatic rings. The van der Waals surface area contributed by atoms with Gasteiger partial charge in [-0.3, -0.25) is 0 Å². The molecule has 0 aromatic heterocycles. The van der Waals surface area contributed by atoms with E-state index < -0.39 is 0 Å². The molecule has 0 nitrogen and oxygen atoms in total. The van der Waals surface area contributed by atoms with Gasteiger partial charge in [0.15, 0.2) is 0 Å². The van der Waals surface area contributed by atoms with Crippen LogP contribution < -0.4 is 0 Å². The van der Waals surface area contributed by atoms with Gasteiger partial charge in [-0.05, 0) is 46.9 Å². The zero-order valence-electron chi connectivity index (χ0n) is 10.4. The van der Waals surface area contributed by atoms with E-state index in [4.69, 9.17) is 0 Å². The Hall–Kier alpha value is -0.600. The van der Waals surface area contributed by atoms with E-state index in [1.54, 1.807) is 0 Å². The molecule has 18 heavy (non-hydrogen) atoms. The number of rotatable bonds is 4. The van der Waals surface area contributed by atoms with Crippen LogP contribution in [0.1, 0.15) is 19.3 Å². The lowest BCUT2D eigenvalue weighted by molar-refractivity contribution is 0.205. The largest absolute Gasteiger partial charge is 0.179 e. The van der Waals surface area contributed by atoms with Gasteiger partial charge in [-0.2, -0.15) is 12.6 Å². The van der Waals surface area contributed by atoms with Gasteiger partial charge in [0, 0.05) is 10.6 Å². The van der Waals surface area contributed by atoms with Crippen LogP contribution in [0.4, 0.5) is 0 Å². The maximum absolute atomic E-state index is 4.52. The molecule has 0 unspecified atom stereocenters. The Morgan fingerprint density at radius 2 is 1.83 bits per heavy atom. The molecule has 0 N–H and O–H groups in total. The average Bonchev–Trinajstić information content (AvgIpc) is 2.38. The average molecular weight is 274 g/mol. The Balaban J connectivity index is 1.74. The van der Waals surface area contributed by atoms with Gasteiger partial charge in [0.2, 0.25) is 0 Å². The number of hydrogen-bond donors (Lipinski definition) is 1. The maximum atomic E-state index is 4.52. The third-order valence-electron chi connectivity index (χ3n) is 4.02. The second-order valence-electron chi connectivity index (χ2n) is 5.31. The van der Waals surface area contributed by atoms with Crippen molar-refractivity contribution in [2.45, 2.75) is 24.2 Å². The van der Waals surface area contributed by atoms with Crippen molar-refractivity contribution in [1.82, 2.24) is 0 Å². The van der Waals surface area contributed by atoms with E-state index in [9.17, 15) is 0 Å². The first-order chi connectivity index (χ1) is 8.81. The van der Waals surface area contributed by atoms with E-state index in [2.05, 4.69) is 55.1 Å². The molecule has 0 amide bonds. The predicted molar refractivity (Wildman–Crippen MR) is 84.8 cm³/mol. The molecule has 1 saturated carbocycles. The number of thiol groups is 1. The summed E-state index contributed by atoms with van der Waals surface area (Å²) < 4.78 is 0. The highest BCUT2D eigenvalue weighted by atomic mass is 32.2. The summed E-state index contributed by atoms with van der Waals surface area (Å²) >= 11 is 6.52. The zero-order valence-corrected chi connectivity index (χ0v) is 12.1. The lowest BCUT2D eigenvalue weighted by atomic mass is 9.72. The molecule has 1 aliphatic carbocycles. The van der Waals surface area contributed by atoms with E-state index in [1.165, 1.54) is 40.7 Å². The minimum absolute atomic E-state index is 0.513. The third kappa shape index (κ3) is 2.41. The summed E-state index contributed by atoms with van der Waals surface area (Å²) in [5, 5.41) is 2.67. The Morgan fingerprint density at radius 1 is 1.06 bits per heavy atom. The van der Waals surface area contributed by atoms with E-state index in [1.807, 2.05) is 11.8 Å². The molecule has 2 aromatic carbocycles. The van der Waals surface area contributed by atoms with Gasteiger partial charge in [-0.25, -0.2) is 0 Å². The molecular weight excluding hydrogens is 256 g/mol. The summed E-state index contributed by atoms with van der Waals surface area (Å²) in [7, 11) is 0. The van der Waals surface area contributed by atoms with Gasteiger partial charge in [-0.15, -0.1) is 11.8 Å². The molecule has 2 heteroatoms. The fourth-order valence-corrected chi connectivity index (χ4v) is 4.34. The first-order valence-electron chi connectivity index (χ1n) is 6.54. The van der Waals surface area contributed by atoms with Crippen LogP contribution in [-0.4, -0.2) is 11.5 Å². The normalized spacial score (nSPS) is 17.6. The van der Waals surface area contributed by atoms with Crippen molar-refractivity contribution in [3.8, 4) is 0 Å². The molecule has 0 atom stereocenters. The SMILES string of the molecule is SCC1(CSc2ccc3ccccc3c2)CCC1. The number of benzene rings is 2. The quantitative estimate of drug-likeness (QED) is 0.602. The molecule has 0 spiro atoms. The summed E-state index contributed by atoms with van der Waals surface area (Å²) in [6.07, 6.45) is 4.10. The topological polar surface area (TPSA) is 0 Å². The fraction of sp³-hybridized carbons (Fsp3) is 0.375. The van der Waals surface area contributed by atoms with Crippen molar-refractivity contribution in [2.24, 2.45) is 5.41 Å². The summed E-state index contributed by atoms with van der Waals surface area (Å²) in [4.78, 5) is 1.39. The summed E-state index contributed by atoms with van der Waals surface area (Å²) in [6.45, 7) is 0. The molecule has 0 heterocycles. The lowest BCUT2D eigenvalue weighted by Gasteiger charge is -2.40. The molecule has 0 bridgehead atoms. The third-order valence-corrected chi connectivity index (χ3v) is 6.03. The second kappa shape index (κ2) is 5.18. The summed E-state index contributed by atoms with van der Waals surface area (Å²) in [5.74, 6) is 2.25. The van der Waals surface area contributed by atoms with Crippen LogP contribution in [0.3, 0.4) is 0 Å². The van der Waals surface area contributed by atoms with Crippen molar-refractivity contribution in [2.75, 3.05) is 11.5 Å². The van der Waals surface area contributed by atoms with Crippen molar-refractivity contribution in [3.63, 3.8) is 0 Å². The van der Waals surface area contributed by atoms with Gasteiger partial charge in [0.25, 0.3) is 0 Å². The Labute approximate surface area is 119 Å². The number of thioether (sulfide) groups is 1. The van der Waals surface area contributed by atoms with Crippen LogP contribution in [0.5, 0.6) is 0 Å². The first-order valence-corrected chi connectivity index (χ1v) is 8.16. The van der Waals surface area contributed by atoms with Gasteiger partial charge >= 0.3 is 0 Å². The van der Waals surface area contributed by atoms with Crippen LogP contribution in [0.2, 0.25) is 0 Å². The molecule has 0 radical (unpaired) electrons. The maximum Gasteiger partial charge on any atom is 0.00785 e. The second-order valence-corrected chi connectivity index (χ2v) is 6.67. The van der Waals surface area contributed by atoms with Crippen molar-refractivity contribution < 1.29 is 0 Å². The highest BCUT2D eigenvalue weighted by Gasteiger charge is 2.35. The monoisotopic (exact) mass is 274 g/mol. The molecule has 1 fully saturated rings. The first kappa shape index (κ1) is 12.4. The molecule has 94 valence electrons. The van der Waals surface area contributed by atoms with Crippen LogP contribution in [0, 0.1) is 5.41 Å². The number of hydrogen-bond acceptors (Lipinski definition) is 2. The van der Waals surface area contributed by atoms with Crippen LogP contribution in [-0.2, 0) is 0 Å². The van der Waals surface area contributed by atoms with Crippen LogP contribution >= 0.6 is 24.4 Å². The van der Waals surface area contributed by atoms with Crippen LogP contribution in [0.25, 0.3) is 10.8 Å². The van der Waals surface area contributed by atoms with Crippen molar-refractivity contribution >= 4 is 35.2 Å². The van der Waals surface area contributed by atoms with Crippen LogP contribution in [0.15, 0.2) is 47.4 Å². The van der Waals surface area contributed by atoms with Gasteiger partial charge in [0.1, 0.15) is 0 Å². The van der Waals surface area contributed by atoms with E-state index in [-0.39, 0.29) is 0 Å². The highest BCUT2D eigenvalue weighted by Crippen LogP contribution is 2.45. The van der Waals surface area contributed by atoms with Crippen molar-refractivity contribution in [1.29, 1.82) is 0 Å². The fourth-order valence-electron chi connectivity index (χ4n) is 2.52. The standard InChI is InChI=1S/C16H18S2/c17-11-16(8-3-9-16)12-18-15-7-6-13-4-1-2-5-14(13)10-15/h1-2,4-7,10,17H,3,8-9,11-12H2. The predicted octanol–water partition coefficient (Wildman–Crippen LogP) is 5.03. The lowest BCUT2D eigenvalue weighted by Crippen LogP contribution is -2.33. The molecule has 3 rings (SSSR count). The Morgan fingerprint density at radius 3 is 2.50 bits per heavy atom.